The molecule has 3 rings (SSSR count). The molecule has 0 aliphatic heterocycles. The van der Waals surface area contributed by atoms with Crippen molar-refractivity contribution in [2.24, 2.45) is 0 Å². The van der Waals surface area contributed by atoms with Gasteiger partial charge in [-0.05, 0) is 55.3 Å². The van der Waals surface area contributed by atoms with E-state index in [4.69, 9.17) is 0 Å². The second kappa shape index (κ2) is 7.15. The van der Waals surface area contributed by atoms with Crippen molar-refractivity contribution in [3.8, 4) is 5.69 Å². The molecule has 0 radical (unpaired) electrons. The maximum absolute atomic E-state index is 4.19. The molecular weight excluding hydrogens is 286 g/mol. The summed E-state index contributed by atoms with van der Waals surface area (Å²) in [5.74, 6) is 0. The molecule has 0 aliphatic carbocycles. The van der Waals surface area contributed by atoms with Crippen LogP contribution in [0.2, 0.25) is 0 Å². The standard InChI is InChI=1S/C18H21N5/c1-15-11-17(3-4-18(15)23-14-20-13-21-23)12-22(2)10-7-16-5-8-19-9-6-16/h3-6,8-9,11,13-14H,7,10,12H2,1-2H3. The molecule has 5 heteroatoms. The minimum absolute atomic E-state index is 0.934. The lowest BCUT2D eigenvalue weighted by atomic mass is 10.1. The van der Waals surface area contributed by atoms with Crippen LogP contribution in [0.4, 0.5) is 0 Å². The molecule has 5 nitrogen and oxygen atoms in total. The van der Waals surface area contributed by atoms with Crippen LogP contribution in [-0.2, 0) is 13.0 Å². The van der Waals surface area contributed by atoms with Crippen LogP contribution in [-0.4, -0.2) is 38.2 Å². The van der Waals surface area contributed by atoms with E-state index in [0.717, 1.165) is 25.2 Å². The Kier molecular flexibility index (Phi) is 4.78. The molecule has 0 bridgehead atoms. The van der Waals surface area contributed by atoms with Crippen LogP contribution in [0, 0.1) is 6.92 Å². The number of hydrogen-bond acceptors (Lipinski definition) is 4. The second-order valence-corrected chi connectivity index (χ2v) is 5.80. The van der Waals surface area contributed by atoms with Crippen LogP contribution < -0.4 is 0 Å². The summed E-state index contributed by atoms with van der Waals surface area (Å²) >= 11 is 0. The SMILES string of the molecule is Cc1cc(CN(C)CCc2ccncc2)ccc1-n1cncn1. The number of hydrogen-bond donors (Lipinski definition) is 0. The van der Waals surface area contributed by atoms with E-state index in [2.05, 4.69) is 64.3 Å². The Balaban J connectivity index is 1.60. The molecule has 0 amide bonds. The van der Waals surface area contributed by atoms with E-state index in [1.54, 1.807) is 17.3 Å². The first-order valence-electron chi connectivity index (χ1n) is 7.74. The van der Waals surface area contributed by atoms with Gasteiger partial charge in [-0.2, -0.15) is 5.10 Å². The lowest BCUT2D eigenvalue weighted by molar-refractivity contribution is 0.331. The van der Waals surface area contributed by atoms with E-state index in [0.29, 0.717) is 0 Å². The predicted molar refractivity (Wildman–Crippen MR) is 90.4 cm³/mol. The first kappa shape index (κ1) is 15.4. The van der Waals surface area contributed by atoms with E-state index < -0.39 is 0 Å². The van der Waals surface area contributed by atoms with E-state index in [1.165, 1.54) is 16.7 Å². The molecule has 0 N–H and O–H groups in total. The molecule has 0 atom stereocenters. The fraction of sp³-hybridized carbons (Fsp3) is 0.278. The zero-order valence-corrected chi connectivity index (χ0v) is 13.6. The summed E-state index contributed by atoms with van der Waals surface area (Å²) in [5, 5.41) is 4.19. The van der Waals surface area contributed by atoms with Crippen molar-refractivity contribution in [2.45, 2.75) is 19.9 Å². The first-order valence-corrected chi connectivity index (χ1v) is 7.74. The van der Waals surface area contributed by atoms with Crippen LogP contribution in [0.1, 0.15) is 16.7 Å². The Bertz CT molecular complexity index is 737. The van der Waals surface area contributed by atoms with Crippen molar-refractivity contribution < 1.29 is 0 Å². The van der Waals surface area contributed by atoms with E-state index in [-0.39, 0.29) is 0 Å². The van der Waals surface area contributed by atoms with Gasteiger partial charge < -0.3 is 4.90 Å². The molecule has 0 fully saturated rings. The van der Waals surface area contributed by atoms with E-state index in [1.807, 2.05) is 12.4 Å². The molecule has 0 saturated carbocycles. The highest BCUT2D eigenvalue weighted by molar-refractivity contribution is 5.41. The lowest BCUT2D eigenvalue weighted by Gasteiger charge is -2.17. The Hall–Kier alpha value is -2.53. The molecule has 0 spiro atoms. The summed E-state index contributed by atoms with van der Waals surface area (Å²) in [4.78, 5) is 10.4. The molecule has 0 aliphatic rings. The zero-order chi connectivity index (χ0) is 16.1. The maximum Gasteiger partial charge on any atom is 0.138 e. The summed E-state index contributed by atoms with van der Waals surface area (Å²) in [6.07, 6.45) is 8.02. The highest BCUT2D eigenvalue weighted by Gasteiger charge is 2.06. The van der Waals surface area contributed by atoms with Crippen molar-refractivity contribution in [3.05, 3.63) is 72.1 Å². The Labute approximate surface area is 136 Å². The van der Waals surface area contributed by atoms with Gasteiger partial charge in [0.2, 0.25) is 0 Å². The number of aromatic nitrogens is 4. The monoisotopic (exact) mass is 307 g/mol. The summed E-state index contributed by atoms with van der Waals surface area (Å²) < 4.78 is 1.80. The van der Waals surface area contributed by atoms with Crippen molar-refractivity contribution in [1.82, 2.24) is 24.6 Å². The van der Waals surface area contributed by atoms with Crippen LogP contribution in [0.3, 0.4) is 0 Å². The van der Waals surface area contributed by atoms with Gasteiger partial charge in [-0.1, -0.05) is 12.1 Å². The van der Waals surface area contributed by atoms with Gasteiger partial charge in [0, 0.05) is 25.5 Å². The number of nitrogens with zero attached hydrogens (tertiary/aromatic N) is 5. The van der Waals surface area contributed by atoms with Crippen molar-refractivity contribution in [1.29, 1.82) is 0 Å². The summed E-state index contributed by atoms with van der Waals surface area (Å²) in [5.41, 5.74) is 4.91. The number of likely N-dealkylation sites (N-methyl/N-ethyl adjacent to an activating group) is 1. The van der Waals surface area contributed by atoms with Crippen LogP contribution in [0.25, 0.3) is 5.69 Å². The minimum Gasteiger partial charge on any atom is -0.302 e. The molecule has 0 saturated heterocycles. The normalized spacial score (nSPS) is 11.1. The molecule has 23 heavy (non-hydrogen) atoms. The van der Waals surface area contributed by atoms with Gasteiger partial charge in [0.05, 0.1) is 5.69 Å². The second-order valence-electron chi connectivity index (χ2n) is 5.80. The molecule has 2 aromatic heterocycles. The molecular formula is C18H21N5. The number of aryl methyl sites for hydroxylation is 1. The summed E-state index contributed by atoms with van der Waals surface area (Å²) in [6.45, 7) is 4.06. The van der Waals surface area contributed by atoms with Crippen LogP contribution >= 0.6 is 0 Å². The fourth-order valence-electron chi connectivity index (χ4n) is 2.67. The Morgan fingerprint density at radius 2 is 1.87 bits per heavy atom. The average molecular weight is 307 g/mol. The van der Waals surface area contributed by atoms with Gasteiger partial charge in [0.15, 0.2) is 0 Å². The fourth-order valence-corrected chi connectivity index (χ4v) is 2.67. The highest BCUT2D eigenvalue weighted by atomic mass is 15.3. The smallest absolute Gasteiger partial charge is 0.138 e. The molecule has 3 aromatic rings. The third-order valence-electron chi connectivity index (χ3n) is 3.91. The quantitative estimate of drug-likeness (QED) is 0.702. The van der Waals surface area contributed by atoms with Gasteiger partial charge in [-0.3, -0.25) is 4.98 Å². The lowest BCUT2D eigenvalue weighted by Crippen LogP contribution is -2.20. The molecule has 1 aromatic carbocycles. The predicted octanol–water partition coefficient (Wildman–Crippen LogP) is 2.65. The van der Waals surface area contributed by atoms with Gasteiger partial charge in [0.25, 0.3) is 0 Å². The largest absolute Gasteiger partial charge is 0.302 e. The Morgan fingerprint density at radius 3 is 2.57 bits per heavy atom. The van der Waals surface area contributed by atoms with Crippen molar-refractivity contribution in [3.63, 3.8) is 0 Å². The topological polar surface area (TPSA) is 46.8 Å². The van der Waals surface area contributed by atoms with Gasteiger partial charge in [0.1, 0.15) is 12.7 Å². The zero-order valence-electron chi connectivity index (χ0n) is 13.6. The summed E-state index contributed by atoms with van der Waals surface area (Å²) in [6, 6.07) is 10.6. The third kappa shape index (κ3) is 4.02. The molecule has 2 heterocycles. The Morgan fingerprint density at radius 1 is 1.04 bits per heavy atom. The van der Waals surface area contributed by atoms with E-state index in [9.17, 15) is 0 Å². The number of pyridine rings is 1. The van der Waals surface area contributed by atoms with Crippen LogP contribution in [0.5, 0.6) is 0 Å². The first-order chi connectivity index (χ1) is 11.2. The van der Waals surface area contributed by atoms with Gasteiger partial charge >= 0.3 is 0 Å². The number of rotatable bonds is 6. The highest BCUT2D eigenvalue weighted by Crippen LogP contribution is 2.16. The molecule has 0 unspecified atom stereocenters. The minimum atomic E-state index is 0.934. The van der Waals surface area contributed by atoms with Crippen molar-refractivity contribution >= 4 is 0 Å². The average Bonchev–Trinajstić information content (AvgIpc) is 3.08. The van der Waals surface area contributed by atoms with Gasteiger partial charge in [-0.15, -0.1) is 0 Å². The summed E-state index contributed by atoms with van der Waals surface area (Å²) in [7, 11) is 2.15. The third-order valence-corrected chi connectivity index (χ3v) is 3.91. The maximum atomic E-state index is 4.19. The van der Waals surface area contributed by atoms with Crippen molar-refractivity contribution in [2.75, 3.05) is 13.6 Å². The van der Waals surface area contributed by atoms with Gasteiger partial charge in [-0.25, -0.2) is 9.67 Å². The van der Waals surface area contributed by atoms with E-state index >= 15 is 0 Å². The molecule has 118 valence electrons. The number of benzene rings is 1. The van der Waals surface area contributed by atoms with Crippen LogP contribution in [0.15, 0.2) is 55.4 Å².